The van der Waals surface area contributed by atoms with Crippen molar-refractivity contribution in [1.82, 2.24) is 9.80 Å². The molecule has 7 heteroatoms. The van der Waals surface area contributed by atoms with Crippen LogP contribution >= 0.6 is 11.6 Å². The number of nitrogens with zero attached hydrogens (tertiary/aromatic N) is 2. The zero-order valence-electron chi connectivity index (χ0n) is 15.8. The van der Waals surface area contributed by atoms with Gasteiger partial charge in [0.1, 0.15) is 6.29 Å². The Bertz CT molecular complexity index is 818. The van der Waals surface area contributed by atoms with Crippen molar-refractivity contribution in [3.05, 3.63) is 58.6 Å². The van der Waals surface area contributed by atoms with Crippen LogP contribution in [0.4, 0.5) is 0 Å². The van der Waals surface area contributed by atoms with Gasteiger partial charge >= 0.3 is 0 Å². The first-order chi connectivity index (χ1) is 13.6. The Hall–Kier alpha value is -2.57. The number of aldehydes is 1. The van der Waals surface area contributed by atoms with Crippen molar-refractivity contribution < 1.29 is 19.1 Å². The lowest BCUT2D eigenvalue weighted by Gasteiger charge is -2.34. The minimum atomic E-state index is -0.0874. The molecule has 6 nitrogen and oxygen atoms in total. The topological polar surface area (TPSA) is 59.1 Å². The maximum absolute atomic E-state index is 12.5. The molecule has 1 fully saturated rings. The van der Waals surface area contributed by atoms with Gasteiger partial charge in [-0.2, -0.15) is 0 Å². The maximum Gasteiger partial charge on any atom is 0.260 e. The van der Waals surface area contributed by atoms with E-state index in [1.165, 1.54) is 12.7 Å². The minimum absolute atomic E-state index is 0.0790. The van der Waals surface area contributed by atoms with Crippen LogP contribution in [0.3, 0.4) is 0 Å². The molecule has 1 amide bonds. The summed E-state index contributed by atoms with van der Waals surface area (Å²) in [5, 5.41) is 0.731. The molecule has 0 spiro atoms. The highest BCUT2D eigenvalue weighted by atomic mass is 35.5. The summed E-state index contributed by atoms with van der Waals surface area (Å²) in [6.45, 7) is 3.67. The van der Waals surface area contributed by atoms with Crippen LogP contribution in [0.15, 0.2) is 42.5 Å². The number of halogens is 1. The van der Waals surface area contributed by atoms with Gasteiger partial charge in [-0.25, -0.2) is 0 Å². The second kappa shape index (κ2) is 9.57. The summed E-state index contributed by atoms with van der Waals surface area (Å²) >= 11 is 5.92. The van der Waals surface area contributed by atoms with Crippen molar-refractivity contribution >= 4 is 23.8 Å². The lowest BCUT2D eigenvalue weighted by molar-refractivity contribution is -0.135. The molecule has 0 unspecified atom stereocenters. The normalized spacial score (nSPS) is 14.6. The van der Waals surface area contributed by atoms with Gasteiger partial charge in [-0.05, 0) is 35.9 Å². The summed E-state index contributed by atoms with van der Waals surface area (Å²) in [6.07, 6.45) is 0.730. The molecule has 0 N–H and O–H groups in total. The predicted molar refractivity (Wildman–Crippen MR) is 107 cm³/mol. The first-order valence-electron chi connectivity index (χ1n) is 9.09. The predicted octanol–water partition coefficient (Wildman–Crippen LogP) is 2.88. The van der Waals surface area contributed by atoms with Crippen LogP contribution in [-0.4, -0.2) is 61.9 Å². The molecule has 0 aromatic heterocycles. The molecule has 0 aliphatic carbocycles. The summed E-state index contributed by atoms with van der Waals surface area (Å²) in [5.74, 6) is 0.803. The Balaban J connectivity index is 1.49. The number of hydrogen-bond donors (Lipinski definition) is 0. The molecule has 0 bridgehead atoms. The molecule has 1 heterocycles. The molecule has 3 rings (SSSR count). The highest BCUT2D eigenvalue weighted by Crippen LogP contribution is 2.27. The number of amides is 1. The van der Waals surface area contributed by atoms with Gasteiger partial charge in [0, 0.05) is 43.3 Å². The van der Waals surface area contributed by atoms with E-state index in [0.29, 0.717) is 30.2 Å². The molecule has 0 atom stereocenters. The molecule has 148 valence electrons. The smallest absolute Gasteiger partial charge is 0.260 e. The Kier molecular flexibility index (Phi) is 6.90. The van der Waals surface area contributed by atoms with Crippen molar-refractivity contribution in [2.75, 3.05) is 39.9 Å². The monoisotopic (exact) mass is 402 g/mol. The third-order valence-corrected chi connectivity index (χ3v) is 4.97. The molecule has 1 aliphatic heterocycles. The first-order valence-corrected chi connectivity index (χ1v) is 9.47. The quantitative estimate of drug-likeness (QED) is 0.666. The van der Waals surface area contributed by atoms with Gasteiger partial charge in [0.05, 0.1) is 7.11 Å². The van der Waals surface area contributed by atoms with E-state index in [2.05, 4.69) is 4.90 Å². The second-order valence-corrected chi connectivity index (χ2v) is 7.04. The number of ether oxygens (including phenoxy) is 2. The average molecular weight is 403 g/mol. The summed E-state index contributed by atoms with van der Waals surface area (Å²) in [7, 11) is 1.52. The summed E-state index contributed by atoms with van der Waals surface area (Å²) < 4.78 is 10.8. The summed E-state index contributed by atoms with van der Waals surface area (Å²) in [5.41, 5.74) is 1.67. The van der Waals surface area contributed by atoms with Gasteiger partial charge in [0.25, 0.3) is 5.91 Å². The molecule has 1 aliphatic rings. The largest absolute Gasteiger partial charge is 0.493 e. The number of hydrogen-bond acceptors (Lipinski definition) is 5. The fourth-order valence-electron chi connectivity index (χ4n) is 3.11. The van der Waals surface area contributed by atoms with Crippen LogP contribution < -0.4 is 9.47 Å². The highest BCUT2D eigenvalue weighted by Gasteiger charge is 2.22. The molecule has 28 heavy (non-hydrogen) atoms. The SMILES string of the molecule is COc1ccc(C=O)cc1OCC(=O)N1CCN(Cc2ccc(Cl)cc2)CC1. The maximum atomic E-state index is 12.5. The van der Waals surface area contributed by atoms with Gasteiger partial charge in [-0.3, -0.25) is 14.5 Å². The molecule has 2 aromatic carbocycles. The van der Waals surface area contributed by atoms with Crippen LogP contribution in [0.25, 0.3) is 0 Å². The van der Waals surface area contributed by atoms with Gasteiger partial charge < -0.3 is 14.4 Å². The van der Waals surface area contributed by atoms with Crippen LogP contribution in [0.1, 0.15) is 15.9 Å². The van der Waals surface area contributed by atoms with Crippen LogP contribution in [0, 0.1) is 0 Å². The summed E-state index contributed by atoms with van der Waals surface area (Å²) in [6, 6.07) is 12.7. The van der Waals surface area contributed by atoms with Gasteiger partial charge in [0.15, 0.2) is 18.1 Å². The number of methoxy groups -OCH3 is 1. The Morgan fingerprint density at radius 2 is 1.79 bits per heavy atom. The third-order valence-electron chi connectivity index (χ3n) is 4.72. The highest BCUT2D eigenvalue weighted by molar-refractivity contribution is 6.30. The number of rotatable bonds is 7. The van der Waals surface area contributed by atoms with Crippen molar-refractivity contribution in [3.8, 4) is 11.5 Å². The van der Waals surface area contributed by atoms with Crippen molar-refractivity contribution in [3.63, 3.8) is 0 Å². The van der Waals surface area contributed by atoms with E-state index in [0.717, 1.165) is 30.9 Å². The molecule has 0 saturated carbocycles. The molecular weight excluding hydrogens is 380 g/mol. The Labute approximate surface area is 169 Å². The van der Waals surface area contributed by atoms with Gasteiger partial charge in [0.2, 0.25) is 0 Å². The molecule has 2 aromatic rings. The molecule has 0 radical (unpaired) electrons. The zero-order chi connectivity index (χ0) is 19.9. The van der Waals surface area contributed by atoms with Crippen molar-refractivity contribution in [2.45, 2.75) is 6.54 Å². The van der Waals surface area contributed by atoms with Crippen LogP contribution in [-0.2, 0) is 11.3 Å². The molecular formula is C21H23ClN2O4. The van der Waals surface area contributed by atoms with E-state index >= 15 is 0 Å². The standard InChI is InChI=1S/C21H23ClN2O4/c1-27-19-7-4-17(14-25)12-20(19)28-15-21(26)24-10-8-23(9-11-24)13-16-2-5-18(22)6-3-16/h2-7,12,14H,8-11,13,15H2,1H3. The van der Waals surface area contributed by atoms with E-state index in [1.807, 2.05) is 24.3 Å². The number of benzene rings is 2. The third kappa shape index (κ3) is 5.24. The number of carbonyl (C=O) groups is 2. The summed E-state index contributed by atoms with van der Waals surface area (Å²) in [4.78, 5) is 27.5. The fourth-order valence-corrected chi connectivity index (χ4v) is 3.24. The zero-order valence-corrected chi connectivity index (χ0v) is 16.5. The number of piperazine rings is 1. The van der Waals surface area contributed by atoms with Gasteiger partial charge in [-0.15, -0.1) is 0 Å². The van der Waals surface area contributed by atoms with E-state index in [1.54, 1.807) is 23.1 Å². The molecule has 1 saturated heterocycles. The van der Waals surface area contributed by atoms with E-state index in [9.17, 15) is 9.59 Å². The van der Waals surface area contributed by atoms with Crippen molar-refractivity contribution in [2.24, 2.45) is 0 Å². The van der Waals surface area contributed by atoms with E-state index < -0.39 is 0 Å². The number of carbonyl (C=O) groups excluding carboxylic acids is 2. The van der Waals surface area contributed by atoms with Crippen LogP contribution in [0.5, 0.6) is 11.5 Å². The Morgan fingerprint density at radius 1 is 1.07 bits per heavy atom. The first kappa shape index (κ1) is 20.2. The van der Waals surface area contributed by atoms with Crippen LogP contribution in [0.2, 0.25) is 5.02 Å². The minimum Gasteiger partial charge on any atom is -0.493 e. The van der Waals surface area contributed by atoms with Crippen molar-refractivity contribution in [1.29, 1.82) is 0 Å². The lowest BCUT2D eigenvalue weighted by atomic mass is 10.2. The Morgan fingerprint density at radius 3 is 2.43 bits per heavy atom. The van der Waals surface area contributed by atoms with E-state index in [-0.39, 0.29) is 12.5 Å². The second-order valence-electron chi connectivity index (χ2n) is 6.60. The average Bonchev–Trinajstić information content (AvgIpc) is 2.74. The lowest BCUT2D eigenvalue weighted by Crippen LogP contribution is -2.49. The van der Waals surface area contributed by atoms with E-state index in [4.69, 9.17) is 21.1 Å². The fraction of sp³-hybridized carbons (Fsp3) is 0.333. The van der Waals surface area contributed by atoms with Gasteiger partial charge in [-0.1, -0.05) is 23.7 Å².